The Hall–Kier alpha value is -3.04. The van der Waals surface area contributed by atoms with Gasteiger partial charge in [-0.15, -0.1) is 13.2 Å². The van der Waals surface area contributed by atoms with Crippen molar-refractivity contribution < 1.29 is 37.1 Å². The number of carbonyl (C=O) groups is 2. The first-order valence-corrected chi connectivity index (χ1v) is 7.38. The molecule has 1 unspecified atom stereocenters. The second-order valence-electron chi connectivity index (χ2n) is 5.44. The smallest absolute Gasteiger partial charge is 0.481 e. The van der Waals surface area contributed by atoms with E-state index in [2.05, 4.69) is 15.2 Å². The summed E-state index contributed by atoms with van der Waals surface area (Å²) in [6.45, 7) is 3.09. The molecule has 0 aliphatic rings. The van der Waals surface area contributed by atoms with Crippen LogP contribution in [0.25, 0.3) is 0 Å². The van der Waals surface area contributed by atoms with E-state index in [9.17, 15) is 22.8 Å². The average Bonchev–Trinajstić information content (AvgIpc) is 2.84. The van der Waals surface area contributed by atoms with Crippen LogP contribution in [0.15, 0.2) is 28.8 Å². The van der Waals surface area contributed by atoms with Crippen molar-refractivity contribution >= 4 is 11.9 Å². The van der Waals surface area contributed by atoms with Gasteiger partial charge in [-0.1, -0.05) is 17.3 Å². The van der Waals surface area contributed by atoms with E-state index in [1.807, 2.05) is 0 Å². The number of benzene rings is 1. The number of aryl methyl sites for hydroxylation is 2. The maximum Gasteiger partial charge on any atom is 0.573 e. The molecule has 0 aliphatic carbocycles. The van der Waals surface area contributed by atoms with Gasteiger partial charge < -0.3 is 19.7 Å². The molecule has 0 aliphatic heterocycles. The van der Waals surface area contributed by atoms with Crippen LogP contribution in [0.3, 0.4) is 0 Å². The number of carboxylic acids is 1. The number of aliphatic carboxylic acids is 1. The SMILES string of the molecule is Cc1noc(C)c1C(=O)NC(CC(=O)O)c1ccc(OC(F)(F)F)cc1. The zero-order chi connectivity index (χ0) is 19.5. The van der Waals surface area contributed by atoms with Crippen LogP contribution in [0.5, 0.6) is 5.75 Å². The molecular weight excluding hydrogens is 357 g/mol. The molecule has 0 radical (unpaired) electrons. The van der Waals surface area contributed by atoms with Crippen LogP contribution < -0.4 is 10.1 Å². The second-order valence-corrected chi connectivity index (χ2v) is 5.44. The fourth-order valence-corrected chi connectivity index (χ4v) is 2.37. The van der Waals surface area contributed by atoms with E-state index in [0.29, 0.717) is 11.3 Å². The number of carbonyl (C=O) groups excluding carboxylic acids is 1. The monoisotopic (exact) mass is 372 g/mol. The number of nitrogens with one attached hydrogen (secondary N) is 1. The van der Waals surface area contributed by atoms with Gasteiger partial charge in [0.2, 0.25) is 0 Å². The summed E-state index contributed by atoms with van der Waals surface area (Å²) >= 11 is 0. The van der Waals surface area contributed by atoms with Crippen LogP contribution >= 0.6 is 0 Å². The van der Waals surface area contributed by atoms with Crippen LogP contribution in [0.1, 0.15) is 39.8 Å². The molecule has 140 valence electrons. The number of alkyl halides is 3. The largest absolute Gasteiger partial charge is 0.573 e. The lowest BCUT2D eigenvalue weighted by atomic mass is 10.0. The van der Waals surface area contributed by atoms with Crippen LogP contribution in [-0.4, -0.2) is 28.5 Å². The molecule has 0 saturated heterocycles. The lowest BCUT2D eigenvalue weighted by Crippen LogP contribution is -2.30. The first-order valence-electron chi connectivity index (χ1n) is 7.38. The van der Waals surface area contributed by atoms with Gasteiger partial charge in [-0.2, -0.15) is 0 Å². The van der Waals surface area contributed by atoms with Gasteiger partial charge in [-0.25, -0.2) is 0 Å². The summed E-state index contributed by atoms with van der Waals surface area (Å²) in [6.07, 6.45) is -5.30. The van der Waals surface area contributed by atoms with E-state index in [1.165, 1.54) is 19.1 Å². The number of carboxylic acid groups (broad SMARTS) is 1. The average molecular weight is 372 g/mol. The van der Waals surface area contributed by atoms with Crippen LogP contribution in [0.4, 0.5) is 13.2 Å². The zero-order valence-electron chi connectivity index (χ0n) is 13.8. The van der Waals surface area contributed by atoms with Gasteiger partial charge in [0.1, 0.15) is 17.1 Å². The van der Waals surface area contributed by atoms with Crippen molar-refractivity contribution in [3.63, 3.8) is 0 Å². The number of ether oxygens (including phenoxy) is 1. The fourth-order valence-electron chi connectivity index (χ4n) is 2.37. The molecule has 1 heterocycles. The van der Waals surface area contributed by atoms with Crippen LogP contribution in [-0.2, 0) is 4.79 Å². The maximum absolute atomic E-state index is 12.4. The minimum Gasteiger partial charge on any atom is -0.481 e. The standard InChI is InChI=1S/C16H15F3N2O5/c1-8-14(9(2)26-21-8)15(24)20-12(7-13(22)23)10-3-5-11(6-4-10)25-16(17,18)19/h3-6,12H,7H2,1-2H3,(H,20,24)(H,22,23). The Morgan fingerprint density at radius 2 is 1.88 bits per heavy atom. The lowest BCUT2D eigenvalue weighted by Gasteiger charge is -2.18. The molecule has 2 N–H and O–H groups in total. The van der Waals surface area contributed by atoms with Gasteiger partial charge in [0.05, 0.1) is 18.2 Å². The number of halogens is 3. The van der Waals surface area contributed by atoms with Crippen molar-refractivity contribution in [3.05, 3.63) is 46.8 Å². The third kappa shape index (κ3) is 4.98. The second kappa shape index (κ2) is 7.46. The van der Waals surface area contributed by atoms with Gasteiger partial charge in [-0.3, -0.25) is 9.59 Å². The van der Waals surface area contributed by atoms with E-state index < -0.39 is 36.5 Å². The molecule has 1 atom stereocenters. The molecule has 1 amide bonds. The van der Waals surface area contributed by atoms with Gasteiger partial charge in [-0.05, 0) is 31.5 Å². The fraction of sp³-hybridized carbons (Fsp3) is 0.312. The number of hydrogen-bond donors (Lipinski definition) is 2. The number of hydrogen-bond acceptors (Lipinski definition) is 5. The Labute approximate surface area is 145 Å². The minimum atomic E-state index is -4.83. The minimum absolute atomic E-state index is 0.178. The first-order chi connectivity index (χ1) is 12.1. The lowest BCUT2D eigenvalue weighted by molar-refractivity contribution is -0.274. The molecule has 0 bridgehead atoms. The van der Waals surface area contributed by atoms with E-state index >= 15 is 0 Å². The highest BCUT2D eigenvalue weighted by Gasteiger charge is 2.31. The van der Waals surface area contributed by atoms with Gasteiger partial charge >= 0.3 is 12.3 Å². The van der Waals surface area contributed by atoms with Crippen LogP contribution in [0.2, 0.25) is 0 Å². The van der Waals surface area contributed by atoms with Crippen molar-refractivity contribution in [1.29, 1.82) is 0 Å². The Morgan fingerprint density at radius 1 is 1.27 bits per heavy atom. The zero-order valence-corrected chi connectivity index (χ0v) is 13.8. The summed E-state index contributed by atoms with van der Waals surface area (Å²) in [5.41, 5.74) is 0.822. The molecule has 26 heavy (non-hydrogen) atoms. The maximum atomic E-state index is 12.4. The van der Waals surface area contributed by atoms with Crippen molar-refractivity contribution in [1.82, 2.24) is 10.5 Å². The van der Waals surface area contributed by atoms with Crippen molar-refractivity contribution in [3.8, 4) is 5.75 Å². The molecule has 10 heteroatoms. The molecule has 1 aromatic heterocycles. The highest BCUT2D eigenvalue weighted by atomic mass is 19.4. The van der Waals surface area contributed by atoms with Crippen molar-refractivity contribution in [2.75, 3.05) is 0 Å². The Morgan fingerprint density at radius 3 is 2.35 bits per heavy atom. The summed E-state index contributed by atoms with van der Waals surface area (Å²) in [4.78, 5) is 23.5. The number of rotatable bonds is 6. The number of nitrogens with zero attached hydrogens (tertiary/aromatic N) is 1. The molecule has 7 nitrogen and oxygen atoms in total. The molecule has 0 fully saturated rings. The molecule has 1 aromatic carbocycles. The predicted molar refractivity (Wildman–Crippen MR) is 81.6 cm³/mol. The number of aromatic nitrogens is 1. The van der Waals surface area contributed by atoms with Crippen LogP contribution in [0, 0.1) is 13.8 Å². The Bertz CT molecular complexity index is 780. The summed E-state index contributed by atoms with van der Waals surface area (Å²) in [6, 6.07) is 3.62. The topological polar surface area (TPSA) is 102 Å². The summed E-state index contributed by atoms with van der Waals surface area (Å²) < 4.78 is 45.3. The van der Waals surface area contributed by atoms with E-state index in [4.69, 9.17) is 9.63 Å². The third-order valence-electron chi connectivity index (χ3n) is 3.46. The summed E-state index contributed by atoms with van der Waals surface area (Å²) in [7, 11) is 0. The third-order valence-corrected chi connectivity index (χ3v) is 3.46. The molecule has 2 aromatic rings. The normalized spacial score (nSPS) is 12.5. The van der Waals surface area contributed by atoms with E-state index in [0.717, 1.165) is 12.1 Å². The highest BCUT2D eigenvalue weighted by molar-refractivity contribution is 5.96. The summed E-state index contributed by atoms with van der Waals surface area (Å²) in [5.74, 6) is -1.97. The van der Waals surface area contributed by atoms with Gasteiger partial charge in [0.25, 0.3) is 5.91 Å². The van der Waals surface area contributed by atoms with Crippen molar-refractivity contribution in [2.45, 2.75) is 32.7 Å². The Kier molecular flexibility index (Phi) is 5.53. The summed E-state index contributed by atoms with van der Waals surface area (Å²) in [5, 5.41) is 15.2. The number of amides is 1. The first kappa shape index (κ1) is 19.3. The quantitative estimate of drug-likeness (QED) is 0.808. The van der Waals surface area contributed by atoms with Crippen molar-refractivity contribution in [2.24, 2.45) is 0 Å². The van der Waals surface area contributed by atoms with Gasteiger partial charge in [0, 0.05) is 0 Å². The predicted octanol–water partition coefficient (Wildman–Crippen LogP) is 3.14. The van der Waals surface area contributed by atoms with E-state index in [-0.39, 0.29) is 11.3 Å². The molecule has 2 rings (SSSR count). The highest BCUT2D eigenvalue weighted by Crippen LogP contribution is 2.26. The van der Waals surface area contributed by atoms with Gasteiger partial charge in [0.15, 0.2) is 0 Å². The van der Waals surface area contributed by atoms with E-state index in [1.54, 1.807) is 6.92 Å². The Balaban J connectivity index is 2.22. The molecule has 0 spiro atoms. The molecular formula is C16H15F3N2O5. The molecule has 0 saturated carbocycles.